The van der Waals surface area contributed by atoms with Gasteiger partial charge in [-0.05, 0) is 36.9 Å². The number of benzene rings is 1. The predicted octanol–water partition coefficient (Wildman–Crippen LogP) is 2.43. The predicted molar refractivity (Wildman–Crippen MR) is 78.0 cm³/mol. The zero-order valence-electron chi connectivity index (χ0n) is 11.9. The van der Waals surface area contributed by atoms with E-state index in [9.17, 15) is 4.79 Å². The Morgan fingerprint density at radius 2 is 2.21 bits per heavy atom. The molecule has 0 spiro atoms. The largest absolute Gasteiger partial charge is 0.349 e. The van der Waals surface area contributed by atoms with E-state index in [4.69, 9.17) is 0 Å². The first kappa shape index (κ1) is 14.1. The zero-order chi connectivity index (χ0) is 13.7. The molecule has 0 radical (unpaired) electrons. The fourth-order valence-electron chi connectivity index (χ4n) is 2.67. The molecule has 0 aliphatic heterocycles. The zero-order valence-corrected chi connectivity index (χ0v) is 11.9. The highest BCUT2D eigenvalue weighted by Crippen LogP contribution is 2.29. The van der Waals surface area contributed by atoms with Crippen LogP contribution in [0.15, 0.2) is 24.3 Å². The van der Waals surface area contributed by atoms with Crippen LogP contribution in [0.25, 0.3) is 0 Å². The summed E-state index contributed by atoms with van der Waals surface area (Å²) in [6, 6.07) is 8.66. The number of hydrogen-bond donors (Lipinski definition) is 2. The van der Waals surface area contributed by atoms with Crippen molar-refractivity contribution < 1.29 is 4.79 Å². The summed E-state index contributed by atoms with van der Waals surface area (Å²) in [7, 11) is 0. The van der Waals surface area contributed by atoms with Crippen LogP contribution in [0.5, 0.6) is 0 Å². The maximum absolute atomic E-state index is 12.2. The summed E-state index contributed by atoms with van der Waals surface area (Å²) in [6.45, 7) is 5.69. The van der Waals surface area contributed by atoms with Crippen molar-refractivity contribution in [3.63, 3.8) is 0 Å². The topological polar surface area (TPSA) is 41.1 Å². The Hall–Kier alpha value is -1.35. The maximum atomic E-state index is 12.2. The molecule has 1 aromatic carbocycles. The third-order valence-corrected chi connectivity index (χ3v) is 3.83. The van der Waals surface area contributed by atoms with E-state index in [-0.39, 0.29) is 17.9 Å². The second-order valence-electron chi connectivity index (χ2n) is 5.36. The number of aryl methyl sites for hydroxylation is 1. The van der Waals surface area contributed by atoms with E-state index in [1.54, 1.807) is 0 Å². The lowest BCUT2D eigenvalue weighted by molar-refractivity contribution is -0.125. The molecule has 1 aliphatic carbocycles. The van der Waals surface area contributed by atoms with Gasteiger partial charge >= 0.3 is 0 Å². The number of amides is 1. The van der Waals surface area contributed by atoms with Crippen molar-refractivity contribution in [1.29, 1.82) is 0 Å². The molecule has 0 bridgehead atoms. The molecule has 104 valence electrons. The van der Waals surface area contributed by atoms with E-state index < -0.39 is 0 Å². The number of nitrogens with one attached hydrogen (secondary N) is 2. The summed E-state index contributed by atoms with van der Waals surface area (Å²) < 4.78 is 0. The minimum absolute atomic E-state index is 0.0223. The average Bonchev–Trinajstić information content (AvgIpc) is 2.45. The molecule has 0 heterocycles. The first-order chi connectivity index (χ1) is 9.22. The molecule has 2 rings (SSSR count). The molecule has 0 aromatic heterocycles. The SMILES string of the molecule is CCNCC(C)C(=O)NC1CCCc2ccccc21. The van der Waals surface area contributed by atoms with Gasteiger partial charge in [0.25, 0.3) is 0 Å². The monoisotopic (exact) mass is 260 g/mol. The quantitative estimate of drug-likeness (QED) is 0.853. The van der Waals surface area contributed by atoms with Crippen molar-refractivity contribution in [1.82, 2.24) is 10.6 Å². The molecule has 3 heteroatoms. The van der Waals surface area contributed by atoms with E-state index in [1.807, 2.05) is 6.92 Å². The fourth-order valence-corrected chi connectivity index (χ4v) is 2.67. The van der Waals surface area contributed by atoms with Crippen molar-refractivity contribution in [2.75, 3.05) is 13.1 Å². The summed E-state index contributed by atoms with van der Waals surface area (Å²) in [5, 5.41) is 6.43. The number of fused-ring (bicyclic) bond motifs is 1. The smallest absolute Gasteiger partial charge is 0.224 e. The maximum Gasteiger partial charge on any atom is 0.224 e. The lowest BCUT2D eigenvalue weighted by Crippen LogP contribution is -2.38. The standard InChI is InChI=1S/C16H24N2O/c1-3-17-11-12(2)16(19)18-15-10-6-8-13-7-4-5-9-14(13)15/h4-5,7,9,12,15,17H,3,6,8,10-11H2,1-2H3,(H,18,19). The van der Waals surface area contributed by atoms with E-state index in [0.717, 1.165) is 32.4 Å². The molecule has 3 nitrogen and oxygen atoms in total. The Morgan fingerprint density at radius 1 is 1.42 bits per heavy atom. The molecular formula is C16H24N2O. The van der Waals surface area contributed by atoms with Gasteiger partial charge in [0, 0.05) is 12.5 Å². The number of hydrogen-bond acceptors (Lipinski definition) is 2. The van der Waals surface area contributed by atoms with Gasteiger partial charge in [0.2, 0.25) is 5.91 Å². The lowest BCUT2D eigenvalue weighted by atomic mass is 9.87. The molecule has 2 atom stereocenters. The van der Waals surface area contributed by atoms with Crippen LogP contribution in [0.2, 0.25) is 0 Å². The highest BCUT2D eigenvalue weighted by Gasteiger charge is 2.23. The molecule has 1 aliphatic rings. The molecule has 19 heavy (non-hydrogen) atoms. The Morgan fingerprint density at radius 3 is 3.00 bits per heavy atom. The van der Waals surface area contributed by atoms with Crippen LogP contribution < -0.4 is 10.6 Å². The van der Waals surface area contributed by atoms with Crippen LogP contribution in [-0.4, -0.2) is 19.0 Å². The summed E-state index contributed by atoms with van der Waals surface area (Å²) >= 11 is 0. The van der Waals surface area contributed by atoms with Crippen LogP contribution in [-0.2, 0) is 11.2 Å². The van der Waals surface area contributed by atoms with Crippen LogP contribution in [0, 0.1) is 5.92 Å². The van der Waals surface area contributed by atoms with Crippen molar-refractivity contribution in [2.24, 2.45) is 5.92 Å². The molecular weight excluding hydrogens is 236 g/mol. The number of carbonyl (C=O) groups excluding carboxylic acids is 1. The van der Waals surface area contributed by atoms with Crippen molar-refractivity contribution in [3.05, 3.63) is 35.4 Å². The third kappa shape index (κ3) is 3.57. The van der Waals surface area contributed by atoms with Gasteiger partial charge in [0.05, 0.1) is 6.04 Å². The molecule has 0 saturated heterocycles. The van der Waals surface area contributed by atoms with Gasteiger partial charge in [-0.25, -0.2) is 0 Å². The van der Waals surface area contributed by atoms with Gasteiger partial charge in [-0.3, -0.25) is 4.79 Å². The molecule has 1 aromatic rings. The van der Waals surface area contributed by atoms with Gasteiger partial charge in [-0.15, -0.1) is 0 Å². The fraction of sp³-hybridized carbons (Fsp3) is 0.562. The van der Waals surface area contributed by atoms with Gasteiger partial charge in [-0.1, -0.05) is 38.1 Å². The Balaban J connectivity index is 1.98. The molecule has 2 N–H and O–H groups in total. The first-order valence-electron chi connectivity index (χ1n) is 7.31. The minimum atomic E-state index is 0.0223. The van der Waals surface area contributed by atoms with Gasteiger partial charge in [0.15, 0.2) is 0 Å². The molecule has 1 amide bonds. The van der Waals surface area contributed by atoms with Crippen molar-refractivity contribution >= 4 is 5.91 Å². The van der Waals surface area contributed by atoms with E-state index >= 15 is 0 Å². The van der Waals surface area contributed by atoms with Crippen molar-refractivity contribution in [3.8, 4) is 0 Å². The van der Waals surface area contributed by atoms with E-state index in [0.29, 0.717) is 0 Å². The van der Waals surface area contributed by atoms with Gasteiger partial charge in [0.1, 0.15) is 0 Å². The third-order valence-electron chi connectivity index (χ3n) is 3.83. The lowest BCUT2D eigenvalue weighted by Gasteiger charge is -2.27. The Bertz CT molecular complexity index is 431. The number of carbonyl (C=O) groups is 1. The highest BCUT2D eigenvalue weighted by atomic mass is 16.1. The normalized spacial score (nSPS) is 19.6. The van der Waals surface area contributed by atoms with E-state index in [2.05, 4.69) is 41.8 Å². The summed E-state index contributed by atoms with van der Waals surface area (Å²) in [5.74, 6) is 0.177. The molecule has 0 fully saturated rings. The second kappa shape index (κ2) is 6.71. The van der Waals surface area contributed by atoms with Crippen LogP contribution in [0.1, 0.15) is 43.9 Å². The van der Waals surface area contributed by atoms with Gasteiger partial charge in [-0.2, -0.15) is 0 Å². The summed E-state index contributed by atoms with van der Waals surface area (Å²) in [6.07, 6.45) is 3.34. The van der Waals surface area contributed by atoms with Crippen molar-refractivity contribution in [2.45, 2.75) is 39.2 Å². The van der Waals surface area contributed by atoms with Crippen LogP contribution in [0.4, 0.5) is 0 Å². The summed E-state index contributed by atoms with van der Waals surface area (Å²) in [4.78, 5) is 12.2. The first-order valence-corrected chi connectivity index (χ1v) is 7.31. The van der Waals surface area contributed by atoms with Crippen LogP contribution >= 0.6 is 0 Å². The van der Waals surface area contributed by atoms with E-state index in [1.165, 1.54) is 11.1 Å². The highest BCUT2D eigenvalue weighted by molar-refractivity contribution is 5.79. The minimum Gasteiger partial charge on any atom is -0.349 e. The second-order valence-corrected chi connectivity index (χ2v) is 5.36. The molecule has 0 saturated carbocycles. The Labute approximate surface area is 115 Å². The van der Waals surface area contributed by atoms with Gasteiger partial charge < -0.3 is 10.6 Å². The molecule has 2 unspecified atom stereocenters. The average molecular weight is 260 g/mol. The number of rotatable bonds is 5. The Kier molecular flexibility index (Phi) is 4.97. The van der Waals surface area contributed by atoms with Crippen LogP contribution in [0.3, 0.4) is 0 Å². The summed E-state index contributed by atoms with van der Waals surface area (Å²) in [5.41, 5.74) is 2.69.